The van der Waals surface area contributed by atoms with E-state index in [-0.39, 0.29) is 5.69 Å². The molecule has 0 radical (unpaired) electrons. The van der Waals surface area contributed by atoms with E-state index in [2.05, 4.69) is 26.2 Å². The molecule has 7 heteroatoms. The molecule has 0 aliphatic heterocycles. The van der Waals surface area contributed by atoms with Gasteiger partial charge in [0.25, 0.3) is 5.69 Å². The van der Waals surface area contributed by atoms with Gasteiger partial charge in [-0.15, -0.1) is 0 Å². The van der Waals surface area contributed by atoms with E-state index in [0.29, 0.717) is 18.1 Å². The van der Waals surface area contributed by atoms with Gasteiger partial charge in [-0.1, -0.05) is 12.1 Å². The van der Waals surface area contributed by atoms with Crippen LogP contribution in [0.1, 0.15) is 5.56 Å². The Morgan fingerprint density at radius 3 is 2.63 bits per heavy atom. The summed E-state index contributed by atoms with van der Waals surface area (Å²) in [5, 5.41) is 13.6. The number of anilines is 2. The molecule has 1 aromatic carbocycles. The van der Waals surface area contributed by atoms with E-state index in [1.807, 2.05) is 0 Å². The number of nitrogen functional groups attached to an aromatic ring is 1. The predicted molar refractivity (Wildman–Crippen MR) is 76.8 cm³/mol. The third-order valence-corrected chi connectivity index (χ3v) is 2.92. The van der Waals surface area contributed by atoms with Crippen molar-refractivity contribution in [1.29, 1.82) is 0 Å². The number of hydrogen-bond acceptors (Lipinski definition) is 5. The number of nitrogens with zero attached hydrogens (tertiary/aromatic N) is 2. The van der Waals surface area contributed by atoms with Crippen LogP contribution in [0.3, 0.4) is 0 Å². The van der Waals surface area contributed by atoms with E-state index >= 15 is 0 Å². The van der Waals surface area contributed by atoms with Gasteiger partial charge >= 0.3 is 0 Å². The first-order valence-corrected chi connectivity index (χ1v) is 6.24. The van der Waals surface area contributed by atoms with Gasteiger partial charge in [0.05, 0.1) is 10.6 Å². The lowest BCUT2D eigenvalue weighted by molar-refractivity contribution is -0.384. The molecule has 0 saturated carbocycles. The summed E-state index contributed by atoms with van der Waals surface area (Å²) >= 11 is 3.28. The molecule has 0 aliphatic rings. The minimum absolute atomic E-state index is 0.0741. The Morgan fingerprint density at radius 1 is 1.37 bits per heavy atom. The molecule has 1 aromatic heterocycles. The summed E-state index contributed by atoms with van der Waals surface area (Å²) in [4.78, 5) is 14.2. The predicted octanol–water partition coefficient (Wildman–Crippen LogP) is 2.95. The second kappa shape index (κ2) is 5.66. The number of pyridine rings is 1. The number of rotatable bonds is 4. The van der Waals surface area contributed by atoms with Gasteiger partial charge in [-0.3, -0.25) is 10.1 Å². The maximum atomic E-state index is 10.5. The first-order valence-electron chi connectivity index (χ1n) is 5.44. The maximum absolute atomic E-state index is 10.5. The van der Waals surface area contributed by atoms with Gasteiger partial charge < -0.3 is 11.1 Å². The lowest BCUT2D eigenvalue weighted by Gasteiger charge is -2.08. The molecule has 0 aliphatic carbocycles. The number of non-ortho nitro benzene ring substituents is 1. The molecule has 2 rings (SSSR count). The number of aromatic nitrogens is 1. The molecular formula is C12H11BrN4O2. The summed E-state index contributed by atoms with van der Waals surface area (Å²) in [6.07, 6.45) is 1.65. The smallest absolute Gasteiger partial charge is 0.269 e. The van der Waals surface area contributed by atoms with Gasteiger partial charge in [0.1, 0.15) is 5.82 Å². The van der Waals surface area contributed by atoms with Crippen LogP contribution in [-0.2, 0) is 6.54 Å². The quantitative estimate of drug-likeness (QED) is 0.666. The normalized spacial score (nSPS) is 10.2. The van der Waals surface area contributed by atoms with Gasteiger partial charge in [-0.2, -0.15) is 0 Å². The van der Waals surface area contributed by atoms with Crippen molar-refractivity contribution in [3.8, 4) is 0 Å². The summed E-state index contributed by atoms with van der Waals surface area (Å²) in [7, 11) is 0. The topological polar surface area (TPSA) is 94.1 Å². The van der Waals surface area contributed by atoms with Crippen LogP contribution < -0.4 is 11.1 Å². The molecule has 19 heavy (non-hydrogen) atoms. The summed E-state index contributed by atoms with van der Waals surface area (Å²) < 4.78 is 0.811. The van der Waals surface area contributed by atoms with E-state index in [9.17, 15) is 10.1 Å². The van der Waals surface area contributed by atoms with Crippen molar-refractivity contribution in [3.63, 3.8) is 0 Å². The summed E-state index contributed by atoms with van der Waals surface area (Å²) in [6.45, 7) is 0.497. The highest BCUT2D eigenvalue weighted by atomic mass is 79.9. The second-order valence-corrected chi connectivity index (χ2v) is 4.78. The van der Waals surface area contributed by atoms with Crippen LogP contribution in [0.25, 0.3) is 0 Å². The lowest BCUT2D eigenvalue weighted by Crippen LogP contribution is -2.04. The highest BCUT2D eigenvalue weighted by molar-refractivity contribution is 9.10. The Kier molecular flexibility index (Phi) is 3.96. The van der Waals surface area contributed by atoms with Gasteiger partial charge in [-0.25, -0.2) is 4.98 Å². The fraction of sp³-hybridized carbons (Fsp3) is 0.0833. The minimum atomic E-state index is -0.425. The number of nitro benzene ring substituents is 1. The molecule has 3 N–H and O–H groups in total. The molecule has 2 aromatic rings. The number of nitrogens with one attached hydrogen (secondary N) is 1. The molecule has 0 atom stereocenters. The standard InChI is InChI=1S/C12H11BrN4O2/c13-9-5-11(14)12(16-7-9)15-6-8-1-3-10(4-2-8)17(18)19/h1-5,7H,6,14H2,(H,15,16). The lowest BCUT2D eigenvalue weighted by atomic mass is 10.2. The van der Waals surface area contributed by atoms with Crippen molar-refractivity contribution < 1.29 is 4.92 Å². The van der Waals surface area contributed by atoms with E-state index < -0.39 is 4.92 Å². The van der Waals surface area contributed by atoms with Gasteiger partial charge in [0.2, 0.25) is 0 Å². The van der Waals surface area contributed by atoms with Crippen LogP contribution >= 0.6 is 15.9 Å². The summed E-state index contributed by atoms with van der Waals surface area (Å²) in [5.41, 5.74) is 7.33. The van der Waals surface area contributed by atoms with Crippen molar-refractivity contribution in [3.05, 3.63) is 56.7 Å². The largest absolute Gasteiger partial charge is 0.396 e. The molecule has 0 spiro atoms. The first-order chi connectivity index (χ1) is 9.06. The van der Waals surface area contributed by atoms with Crippen molar-refractivity contribution in [2.45, 2.75) is 6.54 Å². The number of halogens is 1. The molecule has 1 heterocycles. The fourth-order valence-corrected chi connectivity index (χ4v) is 1.87. The number of nitro groups is 1. The van der Waals surface area contributed by atoms with Crippen molar-refractivity contribution in [1.82, 2.24) is 4.98 Å². The Morgan fingerprint density at radius 2 is 2.05 bits per heavy atom. The molecular weight excluding hydrogens is 312 g/mol. The van der Waals surface area contributed by atoms with Gasteiger partial charge in [-0.05, 0) is 27.6 Å². The van der Waals surface area contributed by atoms with Crippen molar-refractivity contribution in [2.75, 3.05) is 11.1 Å². The van der Waals surface area contributed by atoms with Crippen LogP contribution in [0.4, 0.5) is 17.2 Å². The average Bonchev–Trinajstić information content (AvgIpc) is 2.38. The van der Waals surface area contributed by atoms with Crippen LogP contribution in [0, 0.1) is 10.1 Å². The zero-order valence-corrected chi connectivity index (χ0v) is 11.4. The SMILES string of the molecule is Nc1cc(Br)cnc1NCc1ccc([N+](=O)[O-])cc1. The van der Waals surface area contributed by atoms with Crippen LogP contribution in [0.15, 0.2) is 41.0 Å². The molecule has 0 unspecified atom stereocenters. The van der Waals surface area contributed by atoms with Crippen molar-refractivity contribution in [2.24, 2.45) is 0 Å². The minimum Gasteiger partial charge on any atom is -0.396 e. The Hall–Kier alpha value is -2.15. The highest BCUT2D eigenvalue weighted by Crippen LogP contribution is 2.20. The highest BCUT2D eigenvalue weighted by Gasteiger charge is 2.05. The van der Waals surface area contributed by atoms with Crippen LogP contribution in [-0.4, -0.2) is 9.91 Å². The molecule has 6 nitrogen and oxygen atoms in total. The molecule has 98 valence electrons. The number of hydrogen-bond donors (Lipinski definition) is 2. The molecule has 0 amide bonds. The van der Waals surface area contributed by atoms with Gasteiger partial charge in [0.15, 0.2) is 0 Å². The average molecular weight is 323 g/mol. The molecule has 0 fully saturated rings. The molecule has 0 bridgehead atoms. The fourth-order valence-electron chi connectivity index (χ4n) is 1.52. The third-order valence-electron chi connectivity index (χ3n) is 2.49. The molecule has 0 saturated heterocycles. The maximum Gasteiger partial charge on any atom is 0.269 e. The van der Waals surface area contributed by atoms with Crippen molar-refractivity contribution >= 4 is 33.1 Å². The zero-order chi connectivity index (χ0) is 13.8. The Bertz CT molecular complexity index is 601. The van der Waals surface area contributed by atoms with E-state index in [0.717, 1.165) is 10.0 Å². The third kappa shape index (κ3) is 3.41. The summed E-state index contributed by atoms with van der Waals surface area (Å²) in [5.74, 6) is 0.585. The van der Waals surface area contributed by atoms with Gasteiger partial charge in [0, 0.05) is 29.3 Å². The zero-order valence-electron chi connectivity index (χ0n) is 9.84. The second-order valence-electron chi connectivity index (χ2n) is 3.87. The summed E-state index contributed by atoms with van der Waals surface area (Å²) in [6, 6.07) is 8.08. The monoisotopic (exact) mass is 322 g/mol. The Balaban J connectivity index is 2.04. The number of nitrogens with two attached hydrogens (primary N) is 1. The van der Waals surface area contributed by atoms with Crippen LogP contribution in [0.5, 0.6) is 0 Å². The Labute approximate surface area is 117 Å². The van der Waals surface area contributed by atoms with E-state index in [1.165, 1.54) is 12.1 Å². The van der Waals surface area contributed by atoms with E-state index in [1.54, 1.807) is 24.4 Å². The first kappa shape index (κ1) is 13.3. The number of benzene rings is 1. The van der Waals surface area contributed by atoms with Crippen LogP contribution in [0.2, 0.25) is 0 Å². The van der Waals surface area contributed by atoms with E-state index in [4.69, 9.17) is 5.73 Å².